The van der Waals surface area contributed by atoms with Crippen molar-refractivity contribution in [3.63, 3.8) is 0 Å². The molecule has 1 unspecified atom stereocenters. The molecule has 0 saturated heterocycles. The molecule has 0 aliphatic heterocycles. The molecule has 3 aromatic rings. The van der Waals surface area contributed by atoms with Crippen molar-refractivity contribution >= 4 is 11.6 Å². The Morgan fingerprint density at radius 3 is 1.96 bits per heavy atom. The van der Waals surface area contributed by atoms with Crippen LogP contribution in [0.4, 0.5) is 5.69 Å². The molecule has 3 nitrogen and oxygen atoms in total. The highest BCUT2D eigenvalue weighted by atomic mass is 16.5. The van der Waals surface area contributed by atoms with E-state index in [4.69, 9.17) is 4.74 Å². The molecule has 0 aromatic heterocycles. The Labute approximate surface area is 159 Å². The Bertz CT molecular complexity index is 961. The van der Waals surface area contributed by atoms with Gasteiger partial charge in [0.25, 0.3) is 0 Å². The molecular weight excluding hydrogens is 334 g/mol. The third-order valence-corrected chi connectivity index (χ3v) is 6.00. The SMILES string of the molecule is COc1ccc(NC(=O)C2CC3c4ccccc4C2c2ccccc23)cc1. The second kappa shape index (κ2) is 6.27. The van der Waals surface area contributed by atoms with Crippen LogP contribution in [0.3, 0.4) is 0 Å². The standard InChI is InChI=1S/C24H21NO2/c1-27-16-12-10-15(11-13-16)25-24(26)22-14-21-17-6-2-4-8-19(17)23(22)20-9-5-3-7-18(20)21/h2-13,21-23H,14H2,1H3,(H,25,26). The largest absolute Gasteiger partial charge is 0.497 e. The molecule has 0 radical (unpaired) electrons. The predicted octanol–water partition coefficient (Wildman–Crippen LogP) is 4.93. The predicted molar refractivity (Wildman–Crippen MR) is 106 cm³/mol. The van der Waals surface area contributed by atoms with Gasteiger partial charge in [-0.3, -0.25) is 4.79 Å². The van der Waals surface area contributed by atoms with Gasteiger partial charge in [0.05, 0.1) is 13.0 Å². The number of methoxy groups -OCH3 is 1. The zero-order valence-electron chi connectivity index (χ0n) is 15.2. The lowest BCUT2D eigenvalue weighted by Crippen LogP contribution is -2.38. The normalized spacial score (nSPS) is 21.9. The van der Waals surface area contributed by atoms with Gasteiger partial charge in [-0.2, -0.15) is 0 Å². The average molecular weight is 355 g/mol. The maximum absolute atomic E-state index is 13.2. The monoisotopic (exact) mass is 355 g/mol. The number of nitrogens with one attached hydrogen (secondary N) is 1. The summed E-state index contributed by atoms with van der Waals surface area (Å²) >= 11 is 0. The fourth-order valence-electron chi connectivity index (χ4n) is 4.80. The van der Waals surface area contributed by atoms with Crippen LogP contribution in [0, 0.1) is 5.92 Å². The van der Waals surface area contributed by atoms with Crippen LogP contribution in [-0.4, -0.2) is 13.0 Å². The summed E-state index contributed by atoms with van der Waals surface area (Å²) in [5.41, 5.74) is 6.19. The van der Waals surface area contributed by atoms with E-state index in [2.05, 4.69) is 53.8 Å². The molecule has 0 saturated carbocycles. The first-order chi connectivity index (χ1) is 13.3. The van der Waals surface area contributed by atoms with Crippen LogP contribution in [0.2, 0.25) is 0 Å². The Balaban J connectivity index is 1.50. The van der Waals surface area contributed by atoms with E-state index in [-0.39, 0.29) is 17.7 Å². The summed E-state index contributed by atoms with van der Waals surface area (Å²) in [6, 6.07) is 24.7. The van der Waals surface area contributed by atoms with Crippen molar-refractivity contribution in [1.29, 1.82) is 0 Å². The smallest absolute Gasteiger partial charge is 0.228 e. The number of hydrogen-bond acceptors (Lipinski definition) is 2. The highest BCUT2D eigenvalue weighted by Crippen LogP contribution is 2.55. The molecular formula is C24H21NO2. The van der Waals surface area contributed by atoms with E-state index >= 15 is 0 Å². The summed E-state index contributed by atoms with van der Waals surface area (Å²) in [5.74, 6) is 1.25. The molecule has 134 valence electrons. The van der Waals surface area contributed by atoms with Crippen LogP contribution in [0.25, 0.3) is 0 Å². The van der Waals surface area contributed by atoms with Crippen molar-refractivity contribution in [1.82, 2.24) is 0 Å². The molecule has 0 fully saturated rings. The molecule has 0 spiro atoms. The fourth-order valence-corrected chi connectivity index (χ4v) is 4.80. The number of carbonyl (C=O) groups is 1. The van der Waals surface area contributed by atoms with Crippen molar-refractivity contribution in [2.24, 2.45) is 5.92 Å². The van der Waals surface area contributed by atoms with Crippen LogP contribution in [0.15, 0.2) is 72.8 Å². The van der Waals surface area contributed by atoms with E-state index in [0.717, 1.165) is 17.9 Å². The molecule has 3 aliphatic rings. The van der Waals surface area contributed by atoms with Gasteiger partial charge in [-0.25, -0.2) is 0 Å². The quantitative estimate of drug-likeness (QED) is 0.723. The fraction of sp³-hybridized carbons (Fsp3) is 0.208. The van der Waals surface area contributed by atoms with Gasteiger partial charge in [0.2, 0.25) is 5.91 Å². The van der Waals surface area contributed by atoms with E-state index in [0.29, 0.717) is 5.92 Å². The van der Waals surface area contributed by atoms with Crippen LogP contribution in [0.1, 0.15) is 40.5 Å². The average Bonchev–Trinajstić information content (AvgIpc) is 2.74. The molecule has 1 atom stereocenters. The molecule has 1 amide bonds. The number of fused-ring (bicyclic) bond motifs is 1. The van der Waals surface area contributed by atoms with Gasteiger partial charge < -0.3 is 10.1 Å². The zero-order valence-corrected chi connectivity index (χ0v) is 15.2. The first kappa shape index (κ1) is 16.1. The number of hydrogen-bond donors (Lipinski definition) is 1. The number of benzene rings is 3. The summed E-state index contributed by atoms with van der Waals surface area (Å²) in [6.07, 6.45) is 0.862. The van der Waals surface area contributed by atoms with Gasteiger partial charge in [-0.15, -0.1) is 0 Å². The molecule has 3 aromatic carbocycles. The summed E-state index contributed by atoms with van der Waals surface area (Å²) in [5, 5.41) is 3.11. The first-order valence-corrected chi connectivity index (χ1v) is 9.39. The van der Waals surface area contributed by atoms with Gasteiger partial charge in [0.1, 0.15) is 5.75 Å². The maximum atomic E-state index is 13.2. The molecule has 3 heteroatoms. The third-order valence-electron chi connectivity index (χ3n) is 6.00. The Morgan fingerprint density at radius 2 is 1.41 bits per heavy atom. The van der Waals surface area contributed by atoms with Crippen molar-refractivity contribution in [2.75, 3.05) is 12.4 Å². The summed E-state index contributed by atoms with van der Waals surface area (Å²) in [7, 11) is 1.64. The minimum atomic E-state index is -0.0538. The Morgan fingerprint density at radius 1 is 0.852 bits per heavy atom. The van der Waals surface area contributed by atoms with Crippen molar-refractivity contribution in [2.45, 2.75) is 18.3 Å². The van der Waals surface area contributed by atoms with Crippen molar-refractivity contribution < 1.29 is 9.53 Å². The van der Waals surface area contributed by atoms with E-state index in [9.17, 15) is 4.79 Å². The highest BCUT2D eigenvalue weighted by Gasteiger charge is 2.45. The number of rotatable bonds is 3. The van der Waals surface area contributed by atoms with E-state index < -0.39 is 0 Å². The van der Waals surface area contributed by atoms with Gasteiger partial charge in [0.15, 0.2) is 0 Å². The van der Waals surface area contributed by atoms with Gasteiger partial charge >= 0.3 is 0 Å². The summed E-state index contributed by atoms with van der Waals surface area (Å²) < 4.78 is 5.20. The molecule has 2 bridgehead atoms. The van der Waals surface area contributed by atoms with Crippen LogP contribution in [0.5, 0.6) is 5.75 Å². The second-order valence-corrected chi connectivity index (χ2v) is 7.35. The van der Waals surface area contributed by atoms with Crippen LogP contribution >= 0.6 is 0 Å². The van der Waals surface area contributed by atoms with Gasteiger partial charge in [0, 0.05) is 17.5 Å². The zero-order chi connectivity index (χ0) is 18.4. The summed E-state index contributed by atoms with van der Waals surface area (Å²) in [6.45, 7) is 0. The molecule has 0 heterocycles. The number of ether oxygens (including phenoxy) is 1. The van der Waals surface area contributed by atoms with Crippen LogP contribution < -0.4 is 10.1 Å². The second-order valence-electron chi connectivity index (χ2n) is 7.35. The molecule has 27 heavy (non-hydrogen) atoms. The van der Waals surface area contributed by atoms with Crippen molar-refractivity contribution in [3.8, 4) is 5.75 Å². The van der Waals surface area contributed by atoms with Gasteiger partial charge in [-0.1, -0.05) is 48.5 Å². The van der Waals surface area contributed by atoms with Crippen LogP contribution in [-0.2, 0) is 4.79 Å². The highest BCUT2D eigenvalue weighted by molar-refractivity contribution is 5.94. The Kier molecular flexibility index (Phi) is 3.75. The maximum Gasteiger partial charge on any atom is 0.228 e. The number of anilines is 1. The number of amides is 1. The van der Waals surface area contributed by atoms with E-state index in [1.165, 1.54) is 22.3 Å². The lowest BCUT2D eigenvalue weighted by Gasteiger charge is -2.44. The number of carbonyl (C=O) groups excluding carboxylic acids is 1. The molecule has 1 N–H and O–H groups in total. The molecule has 3 aliphatic carbocycles. The van der Waals surface area contributed by atoms with E-state index in [1.54, 1.807) is 7.11 Å². The third kappa shape index (κ3) is 2.54. The minimum absolute atomic E-state index is 0.0538. The lowest BCUT2D eigenvalue weighted by atomic mass is 9.59. The summed E-state index contributed by atoms with van der Waals surface area (Å²) in [4.78, 5) is 13.2. The minimum Gasteiger partial charge on any atom is -0.497 e. The topological polar surface area (TPSA) is 38.3 Å². The Hall–Kier alpha value is -3.07. The van der Waals surface area contributed by atoms with Crippen molar-refractivity contribution in [3.05, 3.63) is 95.1 Å². The lowest BCUT2D eigenvalue weighted by molar-refractivity contribution is -0.121. The van der Waals surface area contributed by atoms with E-state index in [1.807, 2.05) is 24.3 Å². The molecule has 6 rings (SSSR count). The first-order valence-electron chi connectivity index (χ1n) is 9.39. The van der Waals surface area contributed by atoms with Gasteiger partial charge in [-0.05, 0) is 52.9 Å².